The highest BCUT2D eigenvalue weighted by atomic mass is 19.4. The molecule has 4 rings (SSSR count). The normalized spacial score (nSPS) is 21.1. The molecule has 1 heterocycles. The summed E-state index contributed by atoms with van der Waals surface area (Å²) in [7, 11) is 0. The van der Waals surface area contributed by atoms with Gasteiger partial charge in [-0.2, -0.15) is 13.2 Å². The highest BCUT2D eigenvalue weighted by Crippen LogP contribution is 2.48. The molecule has 2 aromatic carbocycles. The van der Waals surface area contributed by atoms with Crippen LogP contribution in [0.5, 0.6) is 0 Å². The molecule has 168 valence electrons. The standard InChI is InChI=1S/C26H26F3NO2/c1-4-16-5-11-19(12-6-16)30-21-14-25(2,3)15-22(31)24(21)20(13-23(30)32)17-7-9-18(10-8-17)26(27,28)29/h5-12,20H,4,13-15H2,1-3H3. The number of carbonyl (C=O) groups is 2. The van der Waals surface area contributed by atoms with Gasteiger partial charge in [-0.25, -0.2) is 0 Å². The first kappa shape index (κ1) is 22.3. The Balaban J connectivity index is 1.82. The van der Waals surface area contributed by atoms with E-state index in [2.05, 4.69) is 6.92 Å². The SMILES string of the molecule is CCc1ccc(N2C(=O)CC(c3ccc(C(F)(F)F)cc3)C3=C2CC(C)(C)CC3=O)cc1. The highest BCUT2D eigenvalue weighted by molar-refractivity contribution is 6.07. The maximum Gasteiger partial charge on any atom is 0.416 e. The zero-order chi connectivity index (χ0) is 23.3. The molecule has 6 heteroatoms. The lowest BCUT2D eigenvalue weighted by Crippen LogP contribution is -2.43. The van der Waals surface area contributed by atoms with Gasteiger partial charge in [0.05, 0.1) is 5.56 Å². The van der Waals surface area contributed by atoms with Crippen molar-refractivity contribution in [3.05, 3.63) is 76.5 Å². The summed E-state index contributed by atoms with van der Waals surface area (Å²) in [5.41, 5.74) is 2.62. The zero-order valence-corrected chi connectivity index (χ0v) is 18.4. The van der Waals surface area contributed by atoms with Crippen molar-refractivity contribution in [1.82, 2.24) is 0 Å². The van der Waals surface area contributed by atoms with E-state index >= 15 is 0 Å². The van der Waals surface area contributed by atoms with Gasteiger partial charge in [-0.05, 0) is 53.6 Å². The largest absolute Gasteiger partial charge is 0.416 e. The second kappa shape index (κ2) is 7.91. The minimum atomic E-state index is -4.43. The van der Waals surface area contributed by atoms with Gasteiger partial charge in [0.15, 0.2) is 5.78 Å². The summed E-state index contributed by atoms with van der Waals surface area (Å²) in [4.78, 5) is 28.2. The number of anilines is 1. The fourth-order valence-electron chi connectivity index (χ4n) is 4.78. The van der Waals surface area contributed by atoms with Crippen molar-refractivity contribution in [3.63, 3.8) is 0 Å². The molecule has 0 fully saturated rings. The molecule has 2 aliphatic rings. The molecule has 1 aliphatic heterocycles. The minimum Gasteiger partial charge on any atom is -0.294 e. The van der Waals surface area contributed by atoms with E-state index in [1.807, 2.05) is 38.1 Å². The van der Waals surface area contributed by atoms with Crippen LogP contribution >= 0.6 is 0 Å². The van der Waals surface area contributed by atoms with Gasteiger partial charge in [0.2, 0.25) is 5.91 Å². The van der Waals surface area contributed by atoms with Crippen molar-refractivity contribution in [1.29, 1.82) is 0 Å². The molecule has 0 saturated heterocycles. The molecule has 1 unspecified atom stereocenters. The van der Waals surface area contributed by atoms with Gasteiger partial charge < -0.3 is 0 Å². The average molecular weight is 441 g/mol. The highest BCUT2D eigenvalue weighted by Gasteiger charge is 2.44. The minimum absolute atomic E-state index is 0.0381. The number of amides is 1. The fraction of sp³-hybridized carbons (Fsp3) is 0.385. The van der Waals surface area contributed by atoms with Gasteiger partial charge in [-0.3, -0.25) is 14.5 Å². The van der Waals surface area contributed by atoms with Crippen molar-refractivity contribution >= 4 is 17.4 Å². The van der Waals surface area contributed by atoms with Crippen LogP contribution in [0.1, 0.15) is 62.6 Å². The quantitative estimate of drug-likeness (QED) is 0.550. The van der Waals surface area contributed by atoms with Crippen LogP contribution < -0.4 is 4.90 Å². The predicted molar refractivity (Wildman–Crippen MR) is 117 cm³/mol. The summed E-state index contributed by atoms with van der Waals surface area (Å²) < 4.78 is 39.0. The first-order valence-corrected chi connectivity index (χ1v) is 10.9. The third-order valence-corrected chi connectivity index (χ3v) is 6.39. The first-order valence-electron chi connectivity index (χ1n) is 10.9. The lowest BCUT2D eigenvalue weighted by Gasteiger charge is -2.43. The fourth-order valence-corrected chi connectivity index (χ4v) is 4.78. The van der Waals surface area contributed by atoms with Crippen LogP contribution in [0.25, 0.3) is 0 Å². The number of allylic oxidation sites excluding steroid dienone is 2. The van der Waals surface area contributed by atoms with Gasteiger partial charge in [0.25, 0.3) is 0 Å². The smallest absolute Gasteiger partial charge is 0.294 e. The zero-order valence-electron chi connectivity index (χ0n) is 18.4. The molecule has 1 atom stereocenters. The summed E-state index contributed by atoms with van der Waals surface area (Å²) >= 11 is 0. The maximum atomic E-state index is 13.3. The Kier molecular flexibility index (Phi) is 5.51. The predicted octanol–water partition coefficient (Wildman–Crippen LogP) is 6.43. The van der Waals surface area contributed by atoms with Gasteiger partial charge in [-0.1, -0.05) is 45.0 Å². The number of Topliss-reactive ketones (excluding diaryl/α,β-unsaturated/α-hetero) is 1. The number of ketones is 1. The number of hydrogen-bond acceptors (Lipinski definition) is 2. The number of carbonyl (C=O) groups excluding carboxylic acids is 2. The van der Waals surface area contributed by atoms with E-state index in [9.17, 15) is 22.8 Å². The molecule has 1 amide bonds. The first-order chi connectivity index (χ1) is 15.0. The molecule has 0 aromatic heterocycles. The molecule has 32 heavy (non-hydrogen) atoms. The third-order valence-electron chi connectivity index (χ3n) is 6.39. The van der Waals surface area contributed by atoms with Crippen molar-refractivity contribution in [2.24, 2.45) is 5.41 Å². The van der Waals surface area contributed by atoms with Crippen molar-refractivity contribution in [3.8, 4) is 0 Å². The van der Waals surface area contributed by atoms with Crippen LogP contribution in [0.2, 0.25) is 0 Å². The number of aryl methyl sites for hydroxylation is 1. The lowest BCUT2D eigenvalue weighted by atomic mass is 9.69. The second-order valence-electron chi connectivity index (χ2n) is 9.43. The van der Waals surface area contributed by atoms with E-state index in [-0.39, 0.29) is 23.5 Å². The van der Waals surface area contributed by atoms with E-state index in [1.54, 1.807) is 4.90 Å². The molecular weight excluding hydrogens is 415 g/mol. The Morgan fingerprint density at radius 3 is 2.16 bits per heavy atom. The molecule has 0 radical (unpaired) electrons. The third kappa shape index (κ3) is 4.10. The average Bonchev–Trinajstić information content (AvgIpc) is 2.72. The molecule has 1 aliphatic carbocycles. The number of rotatable bonds is 3. The maximum absolute atomic E-state index is 13.3. The van der Waals surface area contributed by atoms with E-state index < -0.39 is 17.7 Å². The number of alkyl halides is 3. The van der Waals surface area contributed by atoms with Crippen molar-refractivity contribution < 1.29 is 22.8 Å². The summed E-state index contributed by atoms with van der Waals surface area (Å²) in [5, 5.41) is 0. The Morgan fingerprint density at radius 1 is 0.969 bits per heavy atom. The van der Waals surface area contributed by atoms with Crippen LogP contribution in [0, 0.1) is 5.41 Å². The van der Waals surface area contributed by atoms with Crippen LogP contribution in [-0.2, 0) is 22.2 Å². The Bertz CT molecular complexity index is 1080. The monoisotopic (exact) mass is 441 g/mol. The topological polar surface area (TPSA) is 37.4 Å². The van der Waals surface area contributed by atoms with E-state index in [0.29, 0.717) is 29.7 Å². The number of halogens is 3. The Morgan fingerprint density at radius 2 is 1.59 bits per heavy atom. The number of nitrogens with zero attached hydrogens (tertiary/aromatic N) is 1. The molecular formula is C26H26F3NO2. The second-order valence-corrected chi connectivity index (χ2v) is 9.43. The van der Waals surface area contributed by atoms with E-state index in [4.69, 9.17) is 0 Å². The molecule has 0 spiro atoms. The summed E-state index contributed by atoms with van der Waals surface area (Å²) in [5.74, 6) is -0.721. The Hall–Kier alpha value is -2.89. The van der Waals surface area contributed by atoms with Crippen molar-refractivity contribution in [2.75, 3.05) is 4.90 Å². The summed E-state index contributed by atoms with van der Waals surface area (Å²) in [6.07, 6.45) is -2.61. The van der Waals surface area contributed by atoms with Gasteiger partial charge in [-0.15, -0.1) is 0 Å². The van der Waals surface area contributed by atoms with Gasteiger partial charge in [0.1, 0.15) is 0 Å². The van der Waals surface area contributed by atoms with Gasteiger partial charge >= 0.3 is 6.18 Å². The lowest BCUT2D eigenvalue weighted by molar-refractivity contribution is -0.137. The van der Waals surface area contributed by atoms with Crippen molar-refractivity contribution in [2.45, 2.75) is 58.5 Å². The molecule has 3 nitrogen and oxygen atoms in total. The van der Waals surface area contributed by atoms with Crippen LogP contribution in [0.3, 0.4) is 0 Å². The number of benzene rings is 2. The van der Waals surface area contributed by atoms with Crippen LogP contribution in [-0.4, -0.2) is 11.7 Å². The van der Waals surface area contributed by atoms with E-state index in [0.717, 1.165) is 29.8 Å². The molecule has 0 saturated carbocycles. The van der Waals surface area contributed by atoms with Gasteiger partial charge in [0, 0.05) is 35.7 Å². The van der Waals surface area contributed by atoms with E-state index in [1.165, 1.54) is 12.1 Å². The number of hydrogen-bond donors (Lipinski definition) is 0. The van der Waals surface area contributed by atoms with Crippen LogP contribution in [0.15, 0.2) is 59.8 Å². The Labute approximate surface area is 185 Å². The molecule has 0 bridgehead atoms. The summed E-state index contributed by atoms with van der Waals surface area (Å²) in [6, 6.07) is 12.6. The molecule has 0 N–H and O–H groups in total. The summed E-state index contributed by atoms with van der Waals surface area (Å²) in [6.45, 7) is 6.05. The molecule has 2 aromatic rings. The van der Waals surface area contributed by atoms with Crippen LogP contribution in [0.4, 0.5) is 18.9 Å².